The number of hydrogen-bond donors (Lipinski definition) is 1. The quantitative estimate of drug-likeness (QED) is 0.794. The molecule has 2 fully saturated rings. The predicted octanol–water partition coefficient (Wildman–Crippen LogP) is 2.04. The number of hydrogen-bond acceptors (Lipinski definition) is 3. The first-order valence-corrected chi connectivity index (χ1v) is 8.27. The maximum Gasteiger partial charge on any atom is 0.0109 e. The van der Waals surface area contributed by atoms with Gasteiger partial charge in [0.15, 0.2) is 0 Å². The molecule has 0 spiro atoms. The summed E-state index contributed by atoms with van der Waals surface area (Å²) in [5, 5.41) is 3.54. The summed E-state index contributed by atoms with van der Waals surface area (Å²) in [5.41, 5.74) is 0. The van der Waals surface area contributed by atoms with Gasteiger partial charge in [-0.1, -0.05) is 6.92 Å². The van der Waals surface area contributed by atoms with E-state index in [4.69, 9.17) is 0 Å². The molecule has 0 radical (unpaired) electrons. The first-order chi connectivity index (χ1) is 9.19. The zero-order valence-electron chi connectivity index (χ0n) is 13.2. The third-order valence-electron chi connectivity index (χ3n) is 5.16. The molecule has 1 N–H and O–H groups in total. The summed E-state index contributed by atoms with van der Waals surface area (Å²) >= 11 is 0. The van der Waals surface area contributed by atoms with Crippen molar-refractivity contribution >= 4 is 0 Å². The molecule has 1 saturated heterocycles. The van der Waals surface area contributed by atoms with Gasteiger partial charge in [0.25, 0.3) is 0 Å². The van der Waals surface area contributed by atoms with Crippen LogP contribution in [0.3, 0.4) is 0 Å². The standard InChI is InChI=1S/C16H33N3/c1-14-6-7-16(17-2)15(12-14)13-18(3)10-11-19-8-4-5-9-19/h14-17H,4-13H2,1-3H3. The fourth-order valence-corrected chi connectivity index (χ4v) is 3.89. The Morgan fingerprint density at radius 3 is 2.63 bits per heavy atom. The molecule has 3 unspecified atom stereocenters. The number of nitrogens with zero attached hydrogens (tertiary/aromatic N) is 2. The van der Waals surface area contributed by atoms with Crippen molar-refractivity contribution in [2.45, 2.75) is 45.1 Å². The third kappa shape index (κ3) is 4.73. The Morgan fingerprint density at radius 1 is 1.21 bits per heavy atom. The Labute approximate surface area is 119 Å². The number of likely N-dealkylation sites (tertiary alicyclic amines) is 1. The van der Waals surface area contributed by atoms with Crippen LogP contribution in [-0.2, 0) is 0 Å². The van der Waals surface area contributed by atoms with Crippen molar-refractivity contribution in [2.75, 3.05) is 46.8 Å². The summed E-state index contributed by atoms with van der Waals surface area (Å²) < 4.78 is 0. The Hall–Kier alpha value is -0.120. The van der Waals surface area contributed by atoms with Crippen molar-refractivity contribution in [3.05, 3.63) is 0 Å². The second-order valence-corrected chi connectivity index (χ2v) is 6.88. The Bertz CT molecular complexity index is 250. The van der Waals surface area contributed by atoms with Crippen LogP contribution >= 0.6 is 0 Å². The third-order valence-corrected chi connectivity index (χ3v) is 5.16. The Morgan fingerprint density at radius 2 is 1.95 bits per heavy atom. The van der Waals surface area contributed by atoms with Crippen LogP contribution in [0, 0.1) is 11.8 Å². The van der Waals surface area contributed by atoms with Crippen molar-refractivity contribution in [1.82, 2.24) is 15.1 Å². The minimum Gasteiger partial charge on any atom is -0.317 e. The molecule has 2 rings (SSSR count). The van der Waals surface area contributed by atoms with Gasteiger partial charge in [0.2, 0.25) is 0 Å². The van der Waals surface area contributed by atoms with E-state index in [0.29, 0.717) is 0 Å². The molecular weight excluding hydrogens is 234 g/mol. The van der Waals surface area contributed by atoms with Crippen LogP contribution in [0.4, 0.5) is 0 Å². The lowest BCUT2D eigenvalue weighted by molar-refractivity contribution is 0.156. The molecule has 0 aromatic heterocycles. The lowest BCUT2D eigenvalue weighted by Gasteiger charge is -2.37. The summed E-state index contributed by atoms with van der Waals surface area (Å²) in [6.07, 6.45) is 6.98. The molecule has 2 aliphatic rings. The summed E-state index contributed by atoms with van der Waals surface area (Å²) in [7, 11) is 4.44. The highest BCUT2D eigenvalue weighted by atomic mass is 15.2. The molecule has 0 amide bonds. The molecular formula is C16H33N3. The van der Waals surface area contributed by atoms with Crippen LogP contribution in [0.5, 0.6) is 0 Å². The van der Waals surface area contributed by atoms with E-state index in [1.54, 1.807) is 0 Å². The number of likely N-dealkylation sites (N-methyl/N-ethyl adjacent to an activating group) is 1. The normalized spacial score (nSPS) is 33.2. The molecule has 1 heterocycles. The van der Waals surface area contributed by atoms with E-state index in [2.05, 4.69) is 36.1 Å². The van der Waals surface area contributed by atoms with Crippen LogP contribution < -0.4 is 5.32 Å². The summed E-state index contributed by atoms with van der Waals surface area (Å²) in [5.74, 6) is 1.76. The predicted molar refractivity (Wildman–Crippen MR) is 82.5 cm³/mol. The molecule has 112 valence electrons. The first kappa shape index (κ1) is 15.3. The van der Waals surface area contributed by atoms with E-state index in [-0.39, 0.29) is 0 Å². The van der Waals surface area contributed by atoms with E-state index < -0.39 is 0 Å². The lowest BCUT2D eigenvalue weighted by Crippen LogP contribution is -2.44. The summed E-state index contributed by atoms with van der Waals surface area (Å²) in [4.78, 5) is 5.18. The van der Waals surface area contributed by atoms with Gasteiger partial charge in [0.05, 0.1) is 0 Å². The largest absolute Gasteiger partial charge is 0.317 e. The number of rotatable bonds is 6. The maximum atomic E-state index is 3.54. The molecule has 0 bridgehead atoms. The van der Waals surface area contributed by atoms with Crippen molar-refractivity contribution in [2.24, 2.45) is 11.8 Å². The van der Waals surface area contributed by atoms with Crippen molar-refractivity contribution in [3.8, 4) is 0 Å². The van der Waals surface area contributed by atoms with Gasteiger partial charge in [-0.15, -0.1) is 0 Å². The topological polar surface area (TPSA) is 18.5 Å². The molecule has 3 atom stereocenters. The van der Waals surface area contributed by atoms with Gasteiger partial charge in [0, 0.05) is 25.7 Å². The van der Waals surface area contributed by atoms with Crippen molar-refractivity contribution in [1.29, 1.82) is 0 Å². The second kappa shape index (κ2) is 7.61. The van der Waals surface area contributed by atoms with E-state index in [1.165, 1.54) is 64.8 Å². The fraction of sp³-hybridized carbons (Fsp3) is 1.00. The minimum atomic E-state index is 0.741. The van der Waals surface area contributed by atoms with Crippen LogP contribution in [0.2, 0.25) is 0 Å². The highest BCUT2D eigenvalue weighted by molar-refractivity contribution is 4.84. The van der Waals surface area contributed by atoms with Crippen molar-refractivity contribution < 1.29 is 0 Å². The van der Waals surface area contributed by atoms with E-state index in [9.17, 15) is 0 Å². The van der Waals surface area contributed by atoms with Crippen molar-refractivity contribution in [3.63, 3.8) is 0 Å². The smallest absolute Gasteiger partial charge is 0.0109 e. The monoisotopic (exact) mass is 267 g/mol. The summed E-state index contributed by atoms with van der Waals surface area (Å²) in [6, 6.07) is 0.741. The highest BCUT2D eigenvalue weighted by Gasteiger charge is 2.28. The van der Waals surface area contributed by atoms with Gasteiger partial charge in [-0.2, -0.15) is 0 Å². The molecule has 19 heavy (non-hydrogen) atoms. The maximum absolute atomic E-state index is 3.54. The van der Waals surface area contributed by atoms with Crippen LogP contribution in [0.25, 0.3) is 0 Å². The lowest BCUT2D eigenvalue weighted by atomic mass is 9.78. The summed E-state index contributed by atoms with van der Waals surface area (Å²) in [6.45, 7) is 8.85. The molecule has 1 aliphatic heterocycles. The molecule has 3 nitrogen and oxygen atoms in total. The molecule has 1 aliphatic carbocycles. The van der Waals surface area contributed by atoms with Gasteiger partial charge < -0.3 is 15.1 Å². The zero-order valence-corrected chi connectivity index (χ0v) is 13.2. The van der Waals surface area contributed by atoms with Crippen LogP contribution in [0.15, 0.2) is 0 Å². The second-order valence-electron chi connectivity index (χ2n) is 6.88. The number of nitrogens with one attached hydrogen (secondary N) is 1. The first-order valence-electron chi connectivity index (χ1n) is 8.27. The Kier molecular flexibility index (Phi) is 6.11. The van der Waals surface area contributed by atoms with Gasteiger partial charge in [-0.05, 0) is 71.1 Å². The van der Waals surface area contributed by atoms with Crippen LogP contribution in [0.1, 0.15) is 39.0 Å². The SMILES string of the molecule is CNC1CCC(C)CC1CN(C)CCN1CCCC1. The van der Waals surface area contributed by atoms with Gasteiger partial charge in [0.1, 0.15) is 0 Å². The van der Waals surface area contributed by atoms with Gasteiger partial charge in [-0.3, -0.25) is 0 Å². The average Bonchev–Trinajstić information content (AvgIpc) is 2.90. The average molecular weight is 267 g/mol. The van der Waals surface area contributed by atoms with E-state index in [0.717, 1.165) is 17.9 Å². The zero-order chi connectivity index (χ0) is 13.7. The van der Waals surface area contributed by atoms with Crippen LogP contribution in [-0.4, -0.2) is 62.7 Å². The molecule has 0 aromatic rings. The van der Waals surface area contributed by atoms with Gasteiger partial charge in [-0.25, -0.2) is 0 Å². The molecule has 0 aromatic carbocycles. The molecule has 1 saturated carbocycles. The Balaban J connectivity index is 1.71. The molecule has 3 heteroatoms. The minimum absolute atomic E-state index is 0.741. The highest BCUT2D eigenvalue weighted by Crippen LogP contribution is 2.29. The van der Waals surface area contributed by atoms with E-state index >= 15 is 0 Å². The fourth-order valence-electron chi connectivity index (χ4n) is 3.89. The van der Waals surface area contributed by atoms with E-state index in [1.807, 2.05) is 0 Å². The van der Waals surface area contributed by atoms with Gasteiger partial charge >= 0.3 is 0 Å².